The quantitative estimate of drug-likeness (QED) is 0.727. The number of aryl methyl sites for hydroxylation is 3. The van der Waals surface area contributed by atoms with Crippen molar-refractivity contribution in [2.24, 2.45) is 5.92 Å². The fourth-order valence-corrected chi connectivity index (χ4v) is 5.65. The summed E-state index contributed by atoms with van der Waals surface area (Å²) in [5.41, 5.74) is 3.13. The van der Waals surface area contributed by atoms with Crippen molar-refractivity contribution in [1.82, 2.24) is 14.8 Å². The molecular weight excluding hydrogens is 426 g/mol. The summed E-state index contributed by atoms with van der Waals surface area (Å²) in [4.78, 5) is 12.7. The third-order valence-electron chi connectivity index (χ3n) is 5.53. The number of carbonyl (C=O) groups is 1. The molecule has 8 heteroatoms. The van der Waals surface area contributed by atoms with Crippen LogP contribution in [0, 0.1) is 26.7 Å². The second-order valence-electron chi connectivity index (χ2n) is 9.60. The zero-order chi connectivity index (χ0) is 23.7. The van der Waals surface area contributed by atoms with E-state index in [2.05, 4.69) is 10.5 Å². The minimum atomic E-state index is -3.87. The van der Waals surface area contributed by atoms with Crippen LogP contribution in [0.1, 0.15) is 61.8 Å². The molecule has 3 rings (SSSR count). The van der Waals surface area contributed by atoms with Gasteiger partial charge in [-0.05, 0) is 71.6 Å². The Hall–Kier alpha value is -2.45. The summed E-state index contributed by atoms with van der Waals surface area (Å²) in [5, 5.41) is 6.89. The second kappa shape index (κ2) is 9.19. The number of aromatic nitrogens is 1. The molecule has 1 aromatic carbocycles. The van der Waals surface area contributed by atoms with Crippen molar-refractivity contribution in [3.8, 4) is 0 Å². The summed E-state index contributed by atoms with van der Waals surface area (Å²) in [5.74, 6) is -0.300. The van der Waals surface area contributed by atoms with Gasteiger partial charge in [0.1, 0.15) is 5.69 Å². The van der Waals surface area contributed by atoms with Crippen LogP contribution in [-0.2, 0) is 14.8 Å². The first-order valence-electron chi connectivity index (χ1n) is 10.9. The smallest absolute Gasteiger partial charge is 0.248 e. The van der Waals surface area contributed by atoms with E-state index in [1.807, 2.05) is 58.9 Å². The zero-order valence-corrected chi connectivity index (χ0v) is 20.5. The van der Waals surface area contributed by atoms with Crippen LogP contribution >= 0.6 is 0 Å². The van der Waals surface area contributed by atoms with E-state index in [1.165, 1.54) is 4.31 Å². The topological polar surface area (TPSA) is 92.5 Å². The molecule has 1 saturated heterocycles. The molecule has 32 heavy (non-hydrogen) atoms. The highest BCUT2D eigenvalue weighted by Gasteiger charge is 2.37. The number of sulfonamides is 1. The largest absolute Gasteiger partial charge is 0.355 e. The van der Waals surface area contributed by atoms with Gasteiger partial charge in [0.25, 0.3) is 0 Å². The Bertz CT molecular complexity index is 1130. The predicted molar refractivity (Wildman–Crippen MR) is 125 cm³/mol. The third kappa shape index (κ3) is 5.48. The number of amides is 1. The minimum Gasteiger partial charge on any atom is -0.355 e. The van der Waals surface area contributed by atoms with E-state index < -0.39 is 10.0 Å². The van der Waals surface area contributed by atoms with Crippen LogP contribution in [0.4, 0.5) is 0 Å². The Kier molecular flexibility index (Phi) is 6.95. The molecule has 1 amide bonds. The van der Waals surface area contributed by atoms with E-state index in [1.54, 1.807) is 13.0 Å². The number of hydrogen-bond acceptors (Lipinski definition) is 5. The van der Waals surface area contributed by atoms with E-state index in [9.17, 15) is 13.2 Å². The molecule has 1 aliphatic heterocycles. The van der Waals surface area contributed by atoms with E-state index in [-0.39, 0.29) is 34.6 Å². The van der Waals surface area contributed by atoms with E-state index in [0.717, 1.165) is 16.7 Å². The maximum Gasteiger partial charge on any atom is 0.248 e. The van der Waals surface area contributed by atoms with Gasteiger partial charge in [0.2, 0.25) is 15.9 Å². The highest BCUT2D eigenvalue weighted by Crippen LogP contribution is 2.29. The Balaban J connectivity index is 1.87. The van der Waals surface area contributed by atoms with Crippen LogP contribution in [0.5, 0.6) is 0 Å². The molecular formula is C24H33N3O4S. The van der Waals surface area contributed by atoms with E-state index in [4.69, 9.17) is 4.52 Å². The average Bonchev–Trinajstić information content (AvgIpc) is 3.08. The number of carbonyl (C=O) groups excluding carboxylic acids is 1. The van der Waals surface area contributed by atoms with Gasteiger partial charge >= 0.3 is 0 Å². The van der Waals surface area contributed by atoms with Crippen molar-refractivity contribution < 1.29 is 17.7 Å². The lowest BCUT2D eigenvalue weighted by molar-refractivity contribution is -0.127. The normalized spacial score (nSPS) is 18.2. The standard InChI is InChI=1S/C24H33N3O4S/c1-16-9-10-17(2)19(14-16)11-12-21-22(18(3)26-31-21)32(29,30)27-13-7-8-20(15-27)23(28)25-24(4,5)6/h9-12,14,20H,7-8,13,15H2,1-6H3,(H,25,28). The Morgan fingerprint density at radius 1 is 1.22 bits per heavy atom. The Morgan fingerprint density at radius 2 is 1.94 bits per heavy atom. The van der Waals surface area contributed by atoms with Crippen LogP contribution < -0.4 is 5.32 Å². The molecule has 2 aromatic rings. The van der Waals surface area contributed by atoms with Gasteiger partial charge in [0.15, 0.2) is 10.7 Å². The van der Waals surface area contributed by atoms with Gasteiger partial charge in [-0.3, -0.25) is 4.79 Å². The lowest BCUT2D eigenvalue weighted by Crippen LogP contribution is -2.49. The number of rotatable bonds is 5. The Morgan fingerprint density at radius 3 is 2.62 bits per heavy atom. The third-order valence-corrected chi connectivity index (χ3v) is 7.56. The minimum absolute atomic E-state index is 0.0657. The SMILES string of the molecule is Cc1ccc(C)c(C=Cc2onc(C)c2S(=O)(=O)N2CCCC(C(=O)NC(C)(C)C)C2)c1. The molecule has 0 radical (unpaired) electrons. The molecule has 0 aliphatic carbocycles. The maximum absolute atomic E-state index is 13.5. The monoisotopic (exact) mass is 459 g/mol. The molecule has 2 heterocycles. The summed E-state index contributed by atoms with van der Waals surface area (Å²) in [6.45, 7) is 11.9. The van der Waals surface area contributed by atoms with Gasteiger partial charge in [-0.15, -0.1) is 0 Å². The van der Waals surface area contributed by atoms with Gasteiger partial charge in [0.05, 0.1) is 5.92 Å². The van der Waals surface area contributed by atoms with Gasteiger partial charge in [0, 0.05) is 18.6 Å². The van der Waals surface area contributed by atoms with Crippen molar-refractivity contribution in [1.29, 1.82) is 0 Å². The summed E-state index contributed by atoms with van der Waals surface area (Å²) in [6.07, 6.45) is 4.79. The summed E-state index contributed by atoms with van der Waals surface area (Å²) in [7, 11) is -3.87. The fraction of sp³-hybridized carbons (Fsp3) is 0.500. The number of benzene rings is 1. The van der Waals surface area contributed by atoms with Crippen molar-refractivity contribution in [3.63, 3.8) is 0 Å². The molecule has 1 N–H and O–H groups in total. The number of piperidine rings is 1. The molecule has 0 bridgehead atoms. The van der Waals surface area contributed by atoms with Crippen LogP contribution in [0.15, 0.2) is 27.6 Å². The molecule has 7 nitrogen and oxygen atoms in total. The highest BCUT2D eigenvalue weighted by molar-refractivity contribution is 7.89. The van der Waals surface area contributed by atoms with E-state index >= 15 is 0 Å². The van der Waals surface area contributed by atoms with Crippen molar-refractivity contribution in [2.45, 2.75) is 64.8 Å². The fourth-order valence-electron chi connectivity index (χ4n) is 3.88. The number of hydrogen-bond donors (Lipinski definition) is 1. The molecule has 174 valence electrons. The van der Waals surface area contributed by atoms with Crippen molar-refractivity contribution in [3.05, 3.63) is 46.3 Å². The number of nitrogens with zero attached hydrogens (tertiary/aromatic N) is 2. The van der Waals surface area contributed by atoms with Gasteiger partial charge in [-0.25, -0.2) is 8.42 Å². The van der Waals surface area contributed by atoms with Gasteiger partial charge in [-0.2, -0.15) is 4.31 Å². The molecule has 1 fully saturated rings. The zero-order valence-electron chi connectivity index (χ0n) is 19.7. The van der Waals surface area contributed by atoms with Crippen LogP contribution in [0.25, 0.3) is 12.2 Å². The lowest BCUT2D eigenvalue weighted by Gasteiger charge is -2.33. The first-order valence-corrected chi connectivity index (χ1v) is 12.4. The average molecular weight is 460 g/mol. The predicted octanol–water partition coefficient (Wildman–Crippen LogP) is 4.09. The van der Waals surface area contributed by atoms with Crippen molar-refractivity contribution >= 4 is 28.1 Å². The molecule has 1 unspecified atom stereocenters. The van der Waals surface area contributed by atoms with Crippen LogP contribution in [0.2, 0.25) is 0 Å². The first-order chi connectivity index (χ1) is 14.9. The summed E-state index contributed by atoms with van der Waals surface area (Å²) >= 11 is 0. The van der Waals surface area contributed by atoms with Crippen LogP contribution in [0.3, 0.4) is 0 Å². The summed E-state index contributed by atoms with van der Waals surface area (Å²) in [6, 6.07) is 6.09. The molecule has 1 aliphatic rings. The highest BCUT2D eigenvalue weighted by atomic mass is 32.2. The van der Waals surface area contributed by atoms with E-state index in [0.29, 0.717) is 25.1 Å². The number of nitrogens with one attached hydrogen (secondary N) is 1. The Labute approximate surface area is 190 Å². The molecule has 0 spiro atoms. The van der Waals surface area contributed by atoms with Gasteiger partial charge < -0.3 is 9.84 Å². The summed E-state index contributed by atoms with van der Waals surface area (Å²) < 4.78 is 33.8. The molecule has 1 atom stereocenters. The molecule has 1 aromatic heterocycles. The van der Waals surface area contributed by atoms with Gasteiger partial charge in [-0.1, -0.05) is 35.0 Å². The maximum atomic E-state index is 13.5. The van der Waals surface area contributed by atoms with Crippen molar-refractivity contribution in [2.75, 3.05) is 13.1 Å². The van der Waals surface area contributed by atoms with Crippen LogP contribution in [-0.4, -0.2) is 42.4 Å². The molecule has 0 saturated carbocycles. The lowest BCUT2D eigenvalue weighted by atomic mass is 9.97. The first kappa shape index (κ1) is 24.2. The second-order valence-corrected chi connectivity index (χ2v) is 11.5.